The lowest BCUT2D eigenvalue weighted by molar-refractivity contribution is -0.135. The van der Waals surface area contributed by atoms with Crippen LogP contribution in [0.2, 0.25) is 0 Å². The molecular weight excluding hydrogens is 662 g/mol. The predicted molar refractivity (Wildman–Crippen MR) is 191 cm³/mol. The van der Waals surface area contributed by atoms with E-state index < -0.39 is 78.8 Å². The number of carbonyl (C=O) groups excluding carboxylic acids is 6. The van der Waals surface area contributed by atoms with Crippen LogP contribution in [-0.4, -0.2) is 103 Å². The predicted octanol–water partition coefficient (Wildman–Crippen LogP) is -3.08. The molecule has 0 aromatic heterocycles. The number of unbranched alkanes of at least 4 members (excludes halogenated alkanes) is 1. The van der Waals surface area contributed by atoms with E-state index in [1.54, 1.807) is 30.3 Å². The number of rotatable bonds is 25. The number of nitrogens with one attached hydrogen (secondary N) is 7. The third-order valence-corrected chi connectivity index (χ3v) is 7.67. The van der Waals surface area contributed by atoms with Crippen molar-refractivity contribution in [2.45, 2.75) is 95.4 Å². The number of carbonyl (C=O) groups is 6. The first kappa shape index (κ1) is 44.2. The molecular formula is C33H57N11O7. The Bertz CT molecular complexity index is 1280. The molecule has 18 nitrogen and oxygen atoms in total. The summed E-state index contributed by atoms with van der Waals surface area (Å²) in [4.78, 5) is 77.8. The van der Waals surface area contributed by atoms with Crippen molar-refractivity contribution in [1.29, 1.82) is 5.41 Å². The standard InChI is InChI=1S/C33H57N11O7/c1-20(2)17-25(32(51)44-26(29(48)40-19-27(36)46)18-21-9-4-3-5-10-21)43-31(50)24(13-16-45)42-30(49)23(12-8-15-39-33(37)38)41-28(47)22(35)11-6-7-14-34/h3-5,9-10,20,22-26,45H,6-8,11-19,34-35H2,1-2H3,(H2,36,46)(H,40,48)(H,41,47)(H,42,49)(H,43,50)(H,44,51)(H4,37,38,39). The van der Waals surface area contributed by atoms with Gasteiger partial charge in [-0.05, 0) is 56.6 Å². The maximum absolute atomic E-state index is 13.6. The first-order valence-corrected chi connectivity index (χ1v) is 17.1. The number of hydrogen-bond acceptors (Lipinski definition) is 10. The summed E-state index contributed by atoms with van der Waals surface area (Å²) in [5.74, 6) is -4.56. The molecule has 0 aliphatic carbocycles. The first-order chi connectivity index (χ1) is 24.2. The van der Waals surface area contributed by atoms with E-state index in [2.05, 4.69) is 31.9 Å². The van der Waals surface area contributed by atoms with Gasteiger partial charge in [0.25, 0.3) is 0 Å². The molecule has 0 fully saturated rings. The molecule has 5 unspecified atom stereocenters. The lowest BCUT2D eigenvalue weighted by atomic mass is 10.0. The van der Waals surface area contributed by atoms with Crippen LogP contribution >= 0.6 is 0 Å². The van der Waals surface area contributed by atoms with Gasteiger partial charge < -0.3 is 59.9 Å². The summed E-state index contributed by atoms with van der Waals surface area (Å²) >= 11 is 0. The lowest BCUT2D eigenvalue weighted by Crippen LogP contribution is -2.59. The molecule has 0 heterocycles. The maximum atomic E-state index is 13.6. The number of aliphatic hydroxyl groups excluding tert-OH is 1. The zero-order valence-corrected chi connectivity index (χ0v) is 29.5. The van der Waals surface area contributed by atoms with Crippen molar-refractivity contribution >= 4 is 41.4 Å². The summed E-state index contributed by atoms with van der Waals surface area (Å²) in [6, 6.07) is 3.24. The average molecular weight is 720 g/mol. The van der Waals surface area contributed by atoms with Crippen LogP contribution in [0.5, 0.6) is 0 Å². The molecule has 18 heteroatoms. The van der Waals surface area contributed by atoms with Gasteiger partial charge in [0.1, 0.15) is 24.2 Å². The van der Waals surface area contributed by atoms with Gasteiger partial charge in [-0.3, -0.25) is 34.2 Å². The smallest absolute Gasteiger partial charge is 0.243 e. The van der Waals surface area contributed by atoms with Crippen molar-refractivity contribution in [2.75, 3.05) is 26.2 Å². The largest absolute Gasteiger partial charge is 0.396 e. The van der Waals surface area contributed by atoms with Crippen molar-refractivity contribution in [1.82, 2.24) is 31.9 Å². The van der Waals surface area contributed by atoms with Crippen LogP contribution in [0.15, 0.2) is 30.3 Å². The molecule has 16 N–H and O–H groups in total. The number of hydrogen-bond donors (Lipinski definition) is 12. The summed E-state index contributed by atoms with van der Waals surface area (Å²) in [6.45, 7) is 3.39. The number of benzene rings is 1. The Labute approximate surface area is 298 Å². The van der Waals surface area contributed by atoms with E-state index in [0.29, 0.717) is 32.2 Å². The molecule has 0 spiro atoms. The highest BCUT2D eigenvalue weighted by Crippen LogP contribution is 2.10. The first-order valence-electron chi connectivity index (χ1n) is 17.1. The van der Waals surface area contributed by atoms with E-state index in [1.165, 1.54) is 0 Å². The minimum Gasteiger partial charge on any atom is -0.396 e. The lowest BCUT2D eigenvalue weighted by Gasteiger charge is -2.27. The Balaban J connectivity index is 3.17. The summed E-state index contributed by atoms with van der Waals surface area (Å²) in [6.07, 6.45) is 2.05. The van der Waals surface area contributed by atoms with Crippen LogP contribution in [0.3, 0.4) is 0 Å². The quantitative estimate of drug-likeness (QED) is 0.0273. The Morgan fingerprint density at radius 1 is 0.725 bits per heavy atom. The summed E-state index contributed by atoms with van der Waals surface area (Å²) in [5.41, 5.74) is 22.8. The summed E-state index contributed by atoms with van der Waals surface area (Å²) in [5, 5.41) is 32.6. The Morgan fingerprint density at radius 2 is 1.29 bits per heavy atom. The van der Waals surface area contributed by atoms with Gasteiger partial charge in [0.15, 0.2) is 5.96 Å². The van der Waals surface area contributed by atoms with Crippen molar-refractivity contribution in [3.8, 4) is 0 Å². The van der Waals surface area contributed by atoms with E-state index >= 15 is 0 Å². The second-order valence-corrected chi connectivity index (χ2v) is 12.6. The van der Waals surface area contributed by atoms with E-state index in [9.17, 15) is 33.9 Å². The van der Waals surface area contributed by atoms with Gasteiger partial charge in [0, 0.05) is 19.6 Å². The van der Waals surface area contributed by atoms with Crippen LogP contribution in [0, 0.1) is 11.3 Å². The average Bonchev–Trinajstić information content (AvgIpc) is 3.07. The molecule has 0 aliphatic rings. The molecule has 286 valence electrons. The van der Waals surface area contributed by atoms with Crippen LogP contribution in [0.1, 0.15) is 64.4 Å². The van der Waals surface area contributed by atoms with Crippen molar-refractivity contribution < 1.29 is 33.9 Å². The number of guanidine groups is 1. The van der Waals surface area contributed by atoms with E-state index in [0.717, 1.165) is 5.56 Å². The Morgan fingerprint density at radius 3 is 1.86 bits per heavy atom. The molecule has 0 saturated heterocycles. The Hall–Kier alpha value is -4.81. The van der Waals surface area contributed by atoms with E-state index in [-0.39, 0.29) is 44.1 Å². The number of amides is 6. The van der Waals surface area contributed by atoms with Gasteiger partial charge in [-0.2, -0.15) is 0 Å². The fraction of sp³-hybridized carbons (Fsp3) is 0.606. The molecule has 0 saturated carbocycles. The van der Waals surface area contributed by atoms with E-state index in [4.69, 9.17) is 28.3 Å². The molecule has 5 atom stereocenters. The molecule has 6 amide bonds. The maximum Gasteiger partial charge on any atom is 0.243 e. The highest BCUT2D eigenvalue weighted by molar-refractivity contribution is 5.96. The highest BCUT2D eigenvalue weighted by atomic mass is 16.3. The summed E-state index contributed by atoms with van der Waals surface area (Å²) in [7, 11) is 0. The van der Waals surface area contributed by atoms with Crippen LogP contribution in [0.4, 0.5) is 0 Å². The number of nitrogens with two attached hydrogens (primary N) is 4. The van der Waals surface area contributed by atoms with Gasteiger partial charge in [0.2, 0.25) is 35.4 Å². The second-order valence-electron chi connectivity index (χ2n) is 12.6. The SMILES string of the molecule is CC(C)CC(NC(=O)C(CCO)NC(=O)C(CCCNC(=N)N)NC(=O)C(N)CCCCN)C(=O)NC(Cc1ccccc1)C(=O)NCC(N)=O. The van der Waals surface area contributed by atoms with E-state index in [1.807, 2.05) is 13.8 Å². The van der Waals surface area contributed by atoms with Gasteiger partial charge in [-0.1, -0.05) is 50.6 Å². The third kappa shape index (κ3) is 18.7. The van der Waals surface area contributed by atoms with Gasteiger partial charge in [-0.25, -0.2) is 0 Å². The monoisotopic (exact) mass is 719 g/mol. The fourth-order valence-electron chi connectivity index (χ4n) is 4.99. The molecule has 0 aliphatic heterocycles. The third-order valence-electron chi connectivity index (χ3n) is 7.67. The number of aliphatic hydroxyl groups is 1. The zero-order valence-electron chi connectivity index (χ0n) is 29.5. The van der Waals surface area contributed by atoms with Crippen molar-refractivity contribution in [2.24, 2.45) is 28.9 Å². The molecule has 0 bridgehead atoms. The van der Waals surface area contributed by atoms with Crippen LogP contribution < -0.4 is 54.8 Å². The summed E-state index contributed by atoms with van der Waals surface area (Å²) < 4.78 is 0. The Kier molecular flexibility index (Phi) is 21.1. The fourth-order valence-corrected chi connectivity index (χ4v) is 4.99. The van der Waals surface area contributed by atoms with Gasteiger partial charge >= 0.3 is 0 Å². The normalized spacial score (nSPS) is 13.8. The van der Waals surface area contributed by atoms with Crippen LogP contribution in [0.25, 0.3) is 0 Å². The molecule has 51 heavy (non-hydrogen) atoms. The van der Waals surface area contributed by atoms with Gasteiger partial charge in [0.05, 0.1) is 12.6 Å². The molecule has 1 aromatic carbocycles. The molecule has 1 aromatic rings. The minimum atomic E-state index is -1.31. The topological polar surface area (TPSA) is 323 Å². The molecule has 1 rings (SSSR count). The zero-order chi connectivity index (χ0) is 38.3. The van der Waals surface area contributed by atoms with Gasteiger partial charge in [-0.15, -0.1) is 0 Å². The highest BCUT2D eigenvalue weighted by Gasteiger charge is 2.32. The second kappa shape index (κ2) is 24.4. The molecule has 0 radical (unpaired) electrons. The van der Waals surface area contributed by atoms with Crippen molar-refractivity contribution in [3.63, 3.8) is 0 Å². The van der Waals surface area contributed by atoms with Crippen molar-refractivity contribution in [3.05, 3.63) is 35.9 Å². The number of primary amides is 1. The minimum absolute atomic E-state index is 0.0778. The van der Waals surface area contributed by atoms with Crippen LogP contribution in [-0.2, 0) is 35.2 Å².